The lowest BCUT2D eigenvalue weighted by Gasteiger charge is -2.32. The molecule has 0 aromatic heterocycles. The van der Waals surface area contributed by atoms with Gasteiger partial charge in [0.2, 0.25) is 0 Å². The van der Waals surface area contributed by atoms with Gasteiger partial charge in [0, 0.05) is 11.5 Å². The molecule has 0 heterocycles. The van der Waals surface area contributed by atoms with E-state index in [-0.39, 0.29) is 22.3 Å². The third-order valence-electron chi connectivity index (χ3n) is 3.95. The van der Waals surface area contributed by atoms with Crippen molar-refractivity contribution < 1.29 is 8.78 Å². The lowest BCUT2D eigenvalue weighted by atomic mass is 9.76. The van der Waals surface area contributed by atoms with Gasteiger partial charge in [-0.15, -0.1) is 0 Å². The molecule has 0 spiro atoms. The molecule has 1 unspecified atom stereocenters. The zero-order valence-corrected chi connectivity index (χ0v) is 12.8. The molecule has 0 bridgehead atoms. The molecule has 0 saturated carbocycles. The van der Waals surface area contributed by atoms with E-state index in [0.717, 1.165) is 11.1 Å². The Bertz CT molecular complexity index is 623. The van der Waals surface area contributed by atoms with Crippen molar-refractivity contribution >= 4 is 11.6 Å². The molecule has 2 rings (SSSR count). The van der Waals surface area contributed by atoms with Gasteiger partial charge < -0.3 is 5.73 Å². The van der Waals surface area contributed by atoms with Gasteiger partial charge in [0.25, 0.3) is 0 Å². The molecule has 1 nitrogen and oxygen atoms in total. The van der Waals surface area contributed by atoms with Gasteiger partial charge in [0.05, 0.1) is 5.02 Å². The molecule has 2 aromatic carbocycles. The summed E-state index contributed by atoms with van der Waals surface area (Å²) in [7, 11) is 0. The van der Waals surface area contributed by atoms with Crippen molar-refractivity contribution in [2.45, 2.75) is 31.7 Å². The SMILES string of the molecule is CC(C)(c1ccc(F)cc1)C(N)Cc1ccc(F)c(Cl)c1. The van der Waals surface area contributed by atoms with Gasteiger partial charge in [-0.2, -0.15) is 0 Å². The first-order valence-electron chi connectivity index (χ1n) is 6.76. The Kier molecular flexibility index (Phi) is 4.64. The minimum atomic E-state index is -0.438. The molecule has 0 fully saturated rings. The van der Waals surface area contributed by atoms with Crippen molar-refractivity contribution in [2.75, 3.05) is 0 Å². The third-order valence-corrected chi connectivity index (χ3v) is 4.24. The molecule has 0 radical (unpaired) electrons. The average Bonchev–Trinajstić information content (AvgIpc) is 2.43. The molecule has 0 aliphatic rings. The highest BCUT2D eigenvalue weighted by Gasteiger charge is 2.28. The summed E-state index contributed by atoms with van der Waals surface area (Å²) in [4.78, 5) is 0. The number of benzene rings is 2. The van der Waals surface area contributed by atoms with Gasteiger partial charge in [0.15, 0.2) is 0 Å². The molecule has 4 heteroatoms. The number of halogens is 3. The molecule has 0 aliphatic heterocycles. The molecule has 112 valence electrons. The quantitative estimate of drug-likeness (QED) is 0.886. The van der Waals surface area contributed by atoms with Crippen LogP contribution in [-0.2, 0) is 11.8 Å². The summed E-state index contributed by atoms with van der Waals surface area (Å²) in [6.45, 7) is 4.02. The maximum absolute atomic E-state index is 13.2. The Morgan fingerprint density at radius 3 is 2.29 bits per heavy atom. The minimum absolute atomic E-state index is 0.0966. The van der Waals surface area contributed by atoms with Gasteiger partial charge in [-0.3, -0.25) is 0 Å². The summed E-state index contributed by atoms with van der Waals surface area (Å²) in [5, 5.41) is 0.0966. The van der Waals surface area contributed by atoms with Gasteiger partial charge in [-0.05, 0) is 41.8 Å². The Morgan fingerprint density at radius 1 is 1.10 bits per heavy atom. The van der Waals surface area contributed by atoms with E-state index in [9.17, 15) is 8.78 Å². The van der Waals surface area contributed by atoms with Gasteiger partial charge in [-0.1, -0.05) is 43.6 Å². The zero-order valence-electron chi connectivity index (χ0n) is 12.0. The first-order valence-corrected chi connectivity index (χ1v) is 7.14. The monoisotopic (exact) mass is 309 g/mol. The lowest BCUT2D eigenvalue weighted by molar-refractivity contribution is 0.405. The van der Waals surface area contributed by atoms with Crippen molar-refractivity contribution in [3.8, 4) is 0 Å². The standard InChI is InChI=1S/C17H18ClF2N/c1-17(2,12-4-6-13(19)7-5-12)16(21)10-11-3-8-15(20)14(18)9-11/h3-9,16H,10,21H2,1-2H3. The summed E-state index contributed by atoms with van der Waals surface area (Å²) in [6, 6.07) is 10.8. The summed E-state index contributed by atoms with van der Waals surface area (Å²) in [6.07, 6.45) is 0.560. The van der Waals surface area contributed by atoms with E-state index >= 15 is 0 Å². The van der Waals surface area contributed by atoms with Crippen LogP contribution in [0.15, 0.2) is 42.5 Å². The second-order valence-corrected chi connectivity index (χ2v) is 6.19. The van der Waals surface area contributed by atoms with Gasteiger partial charge in [-0.25, -0.2) is 8.78 Å². The number of hydrogen-bond acceptors (Lipinski definition) is 1. The fourth-order valence-electron chi connectivity index (χ4n) is 2.27. The topological polar surface area (TPSA) is 26.0 Å². The van der Waals surface area contributed by atoms with Crippen molar-refractivity contribution in [2.24, 2.45) is 5.73 Å². The van der Waals surface area contributed by atoms with Crippen LogP contribution in [-0.4, -0.2) is 6.04 Å². The predicted molar refractivity (Wildman–Crippen MR) is 82.5 cm³/mol. The fourth-order valence-corrected chi connectivity index (χ4v) is 2.47. The van der Waals surface area contributed by atoms with Gasteiger partial charge >= 0.3 is 0 Å². The summed E-state index contributed by atoms with van der Waals surface area (Å²) >= 11 is 5.79. The van der Waals surface area contributed by atoms with E-state index in [0.29, 0.717) is 6.42 Å². The van der Waals surface area contributed by atoms with E-state index < -0.39 is 5.82 Å². The highest BCUT2D eigenvalue weighted by molar-refractivity contribution is 6.30. The van der Waals surface area contributed by atoms with E-state index in [1.165, 1.54) is 18.2 Å². The fraction of sp³-hybridized carbons (Fsp3) is 0.294. The van der Waals surface area contributed by atoms with Crippen LogP contribution in [0, 0.1) is 11.6 Å². The van der Waals surface area contributed by atoms with Crippen LogP contribution in [0.3, 0.4) is 0 Å². The zero-order chi connectivity index (χ0) is 15.6. The summed E-state index contributed by atoms with van der Waals surface area (Å²) in [5.74, 6) is -0.708. The Morgan fingerprint density at radius 2 is 1.71 bits per heavy atom. The molecule has 0 amide bonds. The van der Waals surface area contributed by atoms with Crippen LogP contribution in [0.25, 0.3) is 0 Å². The first-order chi connectivity index (χ1) is 9.80. The Labute approximate surface area is 128 Å². The molecule has 1 atom stereocenters. The number of nitrogens with two attached hydrogens (primary N) is 1. The van der Waals surface area contributed by atoms with Crippen LogP contribution in [0.5, 0.6) is 0 Å². The average molecular weight is 310 g/mol. The highest BCUT2D eigenvalue weighted by atomic mass is 35.5. The van der Waals surface area contributed by atoms with E-state index in [4.69, 9.17) is 17.3 Å². The van der Waals surface area contributed by atoms with E-state index in [2.05, 4.69) is 0 Å². The van der Waals surface area contributed by atoms with E-state index in [1.54, 1.807) is 24.3 Å². The Balaban J connectivity index is 2.19. The molecule has 0 aliphatic carbocycles. The minimum Gasteiger partial charge on any atom is -0.327 e. The maximum Gasteiger partial charge on any atom is 0.141 e. The molecule has 0 saturated heterocycles. The molecular formula is C17H18ClF2N. The molecule has 2 aromatic rings. The smallest absolute Gasteiger partial charge is 0.141 e. The summed E-state index contributed by atoms with van der Waals surface area (Å²) in [5.41, 5.74) is 7.81. The lowest BCUT2D eigenvalue weighted by Crippen LogP contribution is -2.42. The largest absolute Gasteiger partial charge is 0.327 e. The Hall–Kier alpha value is -1.45. The van der Waals surface area contributed by atoms with Crippen LogP contribution in [0.2, 0.25) is 5.02 Å². The second kappa shape index (κ2) is 6.12. The van der Waals surface area contributed by atoms with Crippen LogP contribution in [0.1, 0.15) is 25.0 Å². The maximum atomic E-state index is 13.2. The van der Waals surface area contributed by atoms with Crippen molar-refractivity contribution in [1.82, 2.24) is 0 Å². The van der Waals surface area contributed by atoms with Crippen molar-refractivity contribution in [1.29, 1.82) is 0 Å². The van der Waals surface area contributed by atoms with Gasteiger partial charge in [0.1, 0.15) is 11.6 Å². The normalized spacial score (nSPS) is 13.2. The molecule has 2 N–H and O–H groups in total. The van der Waals surface area contributed by atoms with Crippen molar-refractivity contribution in [3.63, 3.8) is 0 Å². The van der Waals surface area contributed by atoms with Crippen LogP contribution < -0.4 is 5.73 Å². The van der Waals surface area contributed by atoms with Crippen LogP contribution in [0.4, 0.5) is 8.78 Å². The number of hydrogen-bond donors (Lipinski definition) is 1. The van der Waals surface area contributed by atoms with Crippen molar-refractivity contribution in [3.05, 3.63) is 70.2 Å². The van der Waals surface area contributed by atoms with E-state index in [1.807, 2.05) is 13.8 Å². The molecule has 21 heavy (non-hydrogen) atoms. The first kappa shape index (κ1) is 15.9. The molecular weight excluding hydrogens is 292 g/mol. The highest BCUT2D eigenvalue weighted by Crippen LogP contribution is 2.29. The summed E-state index contributed by atoms with van der Waals surface area (Å²) < 4.78 is 26.2. The predicted octanol–water partition coefficient (Wildman–Crippen LogP) is 4.47. The number of rotatable bonds is 4. The third kappa shape index (κ3) is 3.60. The van der Waals surface area contributed by atoms with Crippen LogP contribution >= 0.6 is 11.6 Å². The second-order valence-electron chi connectivity index (χ2n) is 5.79.